The van der Waals surface area contributed by atoms with Crippen molar-refractivity contribution < 1.29 is 0 Å². The lowest BCUT2D eigenvalue weighted by atomic mass is 10.1. The SMILES string of the molecule is CN(Cc1ccccc1)c1ncc2c(n1)CCNCC2. The van der Waals surface area contributed by atoms with Crippen LogP contribution in [0.2, 0.25) is 0 Å². The molecule has 2 heterocycles. The van der Waals surface area contributed by atoms with E-state index >= 15 is 0 Å². The molecule has 0 unspecified atom stereocenters. The van der Waals surface area contributed by atoms with Crippen LogP contribution in [0.25, 0.3) is 0 Å². The first-order chi connectivity index (χ1) is 9.83. The molecule has 2 aromatic rings. The van der Waals surface area contributed by atoms with E-state index in [2.05, 4.69) is 39.5 Å². The zero-order valence-electron chi connectivity index (χ0n) is 11.8. The van der Waals surface area contributed by atoms with Gasteiger partial charge in [0.15, 0.2) is 0 Å². The van der Waals surface area contributed by atoms with Gasteiger partial charge in [0.2, 0.25) is 5.95 Å². The Hall–Kier alpha value is -1.94. The molecular weight excluding hydrogens is 248 g/mol. The molecule has 1 aromatic carbocycles. The first-order valence-electron chi connectivity index (χ1n) is 7.13. The van der Waals surface area contributed by atoms with Gasteiger partial charge in [-0.05, 0) is 24.1 Å². The molecule has 0 aliphatic carbocycles. The Balaban J connectivity index is 1.78. The Bertz CT molecular complexity index is 568. The molecule has 0 atom stereocenters. The van der Waals surface area contributed by atoms with Crippen molar-refractivity contribution in [2.45, 2.75) is 19.4 Å². The van der Waals surface area contributed by atoms with Crippen molar-refractivity contribution in [3.63, 3.8) is 0 Å². The predicted molar refractivity (Wildman–Crippen MR) is 80.9 cm³/mol. The van der Waals surface area contributed by atoms with Crippen molar-refractivity contribution in [3.8, 4) is 0 Å². The predicted octanol–water partition coefficient (Wildman–Crippen LogP) is 1.80. The minimum atomic E-state index is 0.814. The van der Waals surface area contributed by atoms with Gasteiger partial charge in [0.25, 0.3) is 0 Å². The van der Waals surface area contributed by atoms with E-state index in [1.807, 2.05) is 19.3 Å². The van der Waals surface area contributed by atoms with Gasteiger partial charge in [-0.15, -0.1) is 0 Å². The molecule has 0 amide bonds. The minimum Gasteiger partial charge on any atom is -0.340 e. The van der Waals surface area contributed by atoms with Gasteiger partial charge < -0.3 is 10.2 Å². The molecule has 4 nitrogen and oxygen atoms in total. The number of aromatic nitrogens is 2. The number of hydrogen-bond acceptors (Lipinski definition) is 4. The smallest absolute Gasteiger partial charge is 0.225 e. The maximum Gasteiger partial charge on any atom is 0.225 e. The van der Waals surface area contributed by atoms with Crippen molar-refractivity contribution in [2.24, 2.45) is 0 Å². The summed E-state index contributed by atoms with van der Waals surface area (Å²) < 4.78 is 0. The monoisotopic (exact) mass is 268 g/mol. The molecule has 0 saturated carbocycles. The maximum atomic E-state index is 4.74. The zero-order valence-corrected chi connectivity index (χ0v) is 11.8. The van der Waals surface area contributed by atoms with E-state index in [9.17, 15) is 0 Å². The topological polar surface area (TPSA) is 41.1 Å². The summed E-state index contributed by atoms with van der Waals surface area (Å²) in [4.78, 5) is 11.4. The number of benzene rings is 1. The highest BCUT2D eigenvalue weighted by molar-refractivity contribution is 5.34. The lowest BCUT2D eigenvalue weighted by molar-refractivity contribution is 0.708. The molecule has 0 fully saturated rings. The van der Waals surface area contributed by atoms with E-state index in [-0.39, 0.29) is 0 Å². The van der Waals surface area contributed by atoms with E-state index in [4.69, 9.17) is 4.98 Å². The summed E-state index contributed by atoms with van der Waals surface area (Å²) in [5.41, 5.74) is 3.75. The number of nitrogens with one attached hydrogen (secondary N) is 1. The molecule has 0 spiro atoms. The summed E-state index contributed by atoms with van der Waals surface area (Å²) in [7, 11) is 2.05. The fourth-order valence-electron chi connectivity index (χ4n) is 2.52. The molecule has 20 heavy (non-hydrogen) atoms. The highest BCUT2D eigenvalue weighted by Crippen LogP contribution is 2.15. The molecule has 1 N–H and O–H groups in total. The summed E-state index contributed by atoms with van der Waals surface area (Å²) in [5.74, 6) is 0.814. The van der Waals surface area contributed by atoms with Crippen LogP contribution in [0.4, 0.5) is 5.95 Å². The van der Waals surface area contributed by atoms with Crippen molar-refractivity contribution in [3.05, 3.63) is 53.3 Å². The molecule has 0 bridgehead atoms. The summed E-state index contributed by atoms with van der Waals surface area (Å²) in [6.07, 6.45) is 4.01. The standard InChI is InChI=1S/C16H20N4/c1-20(12-13-5-3-2-4-6-13)16-18-11-14-7-9-17-10-8-15(14)19-16/h2-6,11,17H,7-10,12H2,1H3. The third kappa shape index (κ3) is 2.96. The highest BCUT2D eigenvalue weighted by atomic mass is 15.2. The van der Waals surface area contributed by atoms with Gasteiger partial charge in [-0.3, -0.25) is 0 Å². The molecular formula is C16H20N4. The van der Waals surface area contributed by atoms with Crippen LogP contribution in [0, 0.1) is 0 Å². The van der Waals surface area contributed by atoms with Gasteiger partial charge in [-0.1, -0.05) is 30.3 Å². The molecule has 1 aliphatic heterocycles. The second-order valence-electron chi connectivity index (χ2n) is 5.23. The minimum absolute atomic E-state index is 0.814. The zero-order chi connectivity index (χ0) is 13.8. The van der Waals surface area contributed by atoms with Gasteiger partial charge in [-0.2, -0.15) is 0 Å². The van der Waals surface area contributed by atoms with Crippen LogP contribution >= 0.6 is 0 Å². The van der Waals surface area contributed by atoms with E-state index in [1.54, 1.807) is 0 Å². The van der Waals surface area contributed by atoms with Crippen molar-refractivity contribution in [1.82, 2.24) is 15.3 Å². The van der Waals surface area contributed by atoms with Crippen molar-refractivity contribution >= 4 is 5.95 Å². The summed E-state index contributed by atoms with van der Waals surface area (Å²) in [6, 6.07) is 10.4. The second kappa shape index (κ2) is 6.01. The van der Waals surface area contributed by atoms with Crippen molar-refractivity contribution in [2.75, 3.05) is 25.0 Å². The van der Waals surface area contributed by atoms with Crippen LogP contribution < -0.4 is 10.2 Å². The van der Waals surface area contributed by atoms with Crippen LogP contribution in [-0.2, 0) is 19.4 Å². The van der Waals surface area contributed by atoms with Gasteiger partial charge in [0.05, 0.1) is 5.69 Å². The average molecular weight is 268 g/mol. The third-order valence-corrected chi connectivity index (χ3v) is 3.66. The number of rotatable bonds is 3. The van der Waals surface area contributed by atoms with E-state index in [0.717, 1.165) is 38.4 Å². The van der Waals surface area contributed by atoms with Gasteiger partial charge >= 0.3 is 0 Å². The Morgan fingerprint density at radius 2 is 1.95 bits per heavy atom. The quantitative estimate of drug-likeness (QED) is 0.921. The molecule has 0 radical (unpaired) electrons. The van der Waals surface area contributed by atoms with Crippen LogP contribution in [-0.4, -0.2) is 30.1 Å². The molecule has 1 aliphatic rings. The average Bonchev–Trinajstić information content (AvgIpc) is 2.72. The van der Waals surface area contributed by atoms with Gasteiger partial charge in [0, 0.05) is 32.8 Å². The first-order valence-corrected chi connectivity index (χ1v) is 7.13. The molecule has 0 saturated heterocycles. The Kier molecular flexibility index (Phi) is 3.92. The fraction of sp³-hybridized carbons (Fsp3) is 0.375. The normalized spacial score (nSPS) is 14.4. The Morgan fingerprint density at radius 3 is 2.80 bits per heavy atom. The van der Waals surface area contributed by atoms with Gasteiger partial charge in [0.1, 0.15) is 0 Å². The van der Waals surface area contributed by atoms with Crippen LogP contribution in [0.5, 0.6) is 0 Å². The maximum absolute atomic E-state index is 4.74. The van der Waals surface area contributed by atoms with Crippen LogP contribution in [0.3, 0.4) is 0 Å². The number of nitrogens with zero attached hydrogens (tertiary/aromatic N) is 3. The van der Waals surface area contributed by atoms with E-state index in [0.29, 0.717) is 0 Å². The summed E-state index contributed by atoms with van der Waals surface area (Å²) in [6.45, 7) is 2.86. The van der Waals surface area contributed by atoms with Crippen molar-refractivity contribution in [1.29, 1.82) is 0 Å². The molecule has 104 valence electrons. The first kappa shape index (κ1) is 13.1. The summed E-state index contributed by atoms with van der Waals surface area (Å²) in [5, 5.41) is 3.40. The van der Waals surface area contributed by atoms with Crippen LogP contribution in [0.15, 0.2) is 36.5 Å². The second-order valence-corrected chi connectivity index (χ2v) is 5.23. The molecule has 3 rings (SSSR count). The Morgan fingerprint density at radius 1 is 1.15 bits per heavy atom. The van der Waals surface area contributed by atoms with Crippen LogP contribution in [0.1, 0.15) is 16.8 Å². The number of anilines is 1. The molecule has 1 aromatic heterocycles. The largest absolute Gasteiger partial charge is 0.340 e. The number of fused-ring (bicyclic) bond motifs is 1. The highest BCUT2D eigenvalue weighted by Gasteiger charge is 2.12. The van der Waals surface area contributed by atoms with Gasteiger partial charge in [-0.25, -0.2) is 9.97 Å². The van der Waals surface area contributed by atoms with E-state index in [1.165, 1.54) is 16.8 Å². The summed E-state index contributed by atoms with van der Waals surface area (Å²) >= 11 is 0. The van der Waals surface area contributed by atoms with E-state index < -0.39 is 0 Å². The lowest BCUT2D eigenvalue weighted by Crippen LogP contribution is -2.20. The lowest BCUT2D eigenvalue weighted by Gasteiger charge is -2.18. The molecule has 4 heteroatoms. The Labute approximate surface area is 119 Å². The number of hydrogen-bond donors (Lipinski definition) is 1. The fourth-order valence-corrected chi connectivity index (χ4v) is 2.52. The third-order valence-electron chi connectivity index (χ3n) is 3.66.